The van der Waals surface area contributed by atoms with E-state index in [1.165, 1.54) is 18.5 Å². The average Bonchev–Trinajstić information content (AvgIpc) is 3.15. The molecular formula is C18H18ClFN6O2. The van der Waals surface area contributed by atoms with Gasteiger partial charge in [0.2, 0.25) is 11.8 Å². The standard InChI is InChI=1S/C18H18ClFN6O2/c19-11-4-12(20)6-13(5-11)21-8-16(27)26-3-1-2-14(9-26)28-18-15-7-24-25-17(15)22-10-23-18/h4-7,10,14,21H,1-3,8-9H2,(H,22,23,24,25)/t14-/m0/s1. The molecule has 1 aliphatic heterocycles. The van der Waals surface area contributed by atoms with Crippen LogP contribution in [0.3, 0.4) is 0 Å². The van der Waals surface area contributed by atoms with Gasteiger partial charge in [0.05, 0.1) is 19.3 Å². The minimum Gasteiger partial charge on any atom is -0.472 e. The number of hydrogen-bond acceptors (Lipinski definition) is 6. The molecule has 8 nitrogen and oxygen atoms in total. The molecule has 0 aliphatic carbocycles. The lowest BCUT2D eigenvalue weighted by Gasteiger charge is -2.32. The van der Waals surface area contributed by atoms with E-state index in [2.05, 4.69) is 25.5 Å². The molecule has 0 saturated carbocycles. The monoisotopic (exact) mass is 404 g/mol. The van der Waals surface area contributed by atoms with E-state index in [-0.39, 0.29) is 23.6 Å². The molecule has 10 heteroatoms. The van der Waals surface area contributed by atoms with Crippen LogP contribution in [-0.2, 0) is 4.79 Å². The highest BCUT2D eigenvalue weighted by Crippen LogP contribution is 2.23. The molecule has 1 amide bonds. The summed E-state index contributed by atoms with van der Waals surface area (Å²) in [6.45, 7) is 1.15. The Balaban J connectivity index is 1.36. The van der Waals surface area contributed by atoms with Crippen LogP contribution in [0.1, 0.15) is 12.8 Å². The van der Waals surface area contributed by atoms with Gasteiger partial charge in [-0.15, -0.1) is 0 Å². The zero-order chi connectivity index (χ0) is 19.5. The Labute approximate surface area is 165 Å². The number of aromatic nitrogens is 4. The average molecular weight is 405 g/mol. The molecule has 3 aromatic rings. The lowest BCUT2D eigenvalue weighted by atomic mass is 10.1. The summed E-state index contributed by atoms with van der Waals surface area (Å²) in [5, 5.41) is 10.6. The quantitative estimate of drug-likeness (QED) is 0.678. The molecule has 0 bridgehead atoms. The van der Waals surface area contributed by atoms with Crippen molar-refractivity contribution in [2.75, 3.05) is 25.0 Å². The molecule has 1 fully saturated rings. The molecule has 0 radical (unpaired) electrons. The highest BCUT2D eigenvalue weighted by molar-refractivity contribution is 6.30. The number of aromatic amines is 1. The first-order valence-electron chi connectivity index (χ1n) is 8.87. The van der Waals surface area contributed by atoms with Crippen LogP contribution in [0.5, 0.6) is 5.88 Å². The number of nitrogens with zero attached hydrogens (tertiary/aromatic N) is 4. The summed E-state index contributed by atoms with van der Waals surface area (Å²) < 4.78 is 19.4. The third-order valence-electron chi connectivity index (χ3n) is 4.53. The maximum atomic E-state index is 13.4. The van der Waals surface area contributed by atoms with Crippen molar-refractivity contribution in [3.63, 3.8) is 0 Å². The Morgan fingerprint density at radius 1 is 1.39 bits per heavy atom. The van der Waals surface area contributed by atoms with E-state index in [1.54, 1.807) is 17.2 Å². The fourth-order valence-corrected chi connectivity index (χ4v) is 3.42. The summed E-state index contributed by atoms with van der Waals surface area (Å²) in [4.78, 5) is 22.5. The number of fused-ring (bicyclic) bond motifs is 1. The van der Waals surface area contributed by atoms with Gasteiger partial charge in [-0.1, -0.05) is 11.6 Å². The van der Waals surface area contributed by atoms with Gasteiger partial charge in [-0.25, -0.2) is 14.4 Å². The van der Waals surface area contributed by atoms with E-state index in [4.69, 9.17) is 16.3 Å². The van der Waals surface area contributed by atoms with E-state index < -0.39 is 5.82 Å². The fraction of sp³-hybridized carbons (Fsp3) is 0.333. The number of likely N-dealkylation sites (tertiary alicyclic amines) is 1. The molecule has 3 heterocycles. The smallest absolute Gasteiger partial charge is 0.241 e. The molecule has 0 spiro atoms. The van der Waals surface area contributed by atoms with Crippen molar-refractivity contribution < 1.29 is 13.9 Å². The van der Waals surface area contributed by atoms with Gasteiger partial charge in [-0.3, -0.25) is 9.89 Å². The lowest BCUT2D eigenvalue weighted by molar-refractivity contribution is -0.131. The number of carbonyl (C=O) groups is 1. The molecule has 1 aliphatic rings. The number of anilines is 1. The Morgan fingerprint density at radius 3 is 3.14 bits per heavy atom. The van der Waals surface area contributed by atoms with Gasteiger partial charge in [-0.05, 0) is 31.0 Å². The Kier molecular flexibility index (Phi) is 5.25. The summed E-state index contributed by atoms with van der Waals surface area (Å²) in [5.41, 5.74) is 1.07. The summed E-state index contributed by atoms with van der Waals surface area (Å²) in [6.07, 6.45) is 4.50. The molecule has 28 heavy (non-hydrogen) atoms. The zero-order valence-corrected chi connectivity index (χ0v) is 15.6. The highest BCUT2D eigenvalue weighted by Gasteiger charge is 2.25. The van der Waals surface area contributed by atoms with E-state index in [0.717, 1.165) is 12.8 Å². The number of piperidine rings is 1. The molecule has 2 N–H and O–H groups in total. The largest absolute Gasteiger partial charge is 0.472 e. The van der Waals surface area contributed by atoms with Crippen molar-refractivity contribution in [2.24, 2.45) is 0 Å². The highest BCUT2D eigenvalue weighted by atomic mass is 35.5. The number of ether oxygens (including phenoxy) is 1. The van der Waals surface area contributed by atoms with Crippen molar-refractivity contribution in [3.05, 3.63) is 41.6 Å². The van der Waals surface area contributed by atoms with Crippen LogP contribution < -0.4 is 10.1 Å². The Morgan fingerprint density at radius 2 is 2.29 bits per heavy atom. The number of benzene rings is 1. The van der Waals surface area contributed by atoms with E-state index >= 15 is 0 Å². The molecule has 4 rings (SSSR count). The van der Waals surface area contributed by atoms with Crippen LogP contribution in [0, 0.1) is 5.82 Å². The minimum absolute atomic E-state index is 0.0476. The SMILES string of the molecule is O=C(CNc1cc(F)cc(Cl)c1)N1CCC[C@H](Oc2ncnc3[nH]ncc23)C1. The molecule has 146 valence electrons. The van der Waals surface area contributed by atoms with E-state index in [0.29, 0.717) is 35.7 Å². The van der Waals surface area contributed by atoms with Gasteiger partial charge in [0.25, 0.3) is 0 Å². The third kappa shape index (κ3) is 4.14. The molecular weight excluding hydrogens is 387 g/mol. The van der Waals surface area contributed by atoms with Crippen LogP contribution >= 0.6 is 11.6 Å². The molecule has 1 atom stereocenters. The summed E-state index contributed by atoms with van der Waals surface area (Å²) in [7, 11) is 0. The Hall–Kier alpha value is -2.94. The number of rotatable bonds is 5. The second kappa shape index (κ2) is 7.97. The minimum atomic E-state index is -0.454. The normalized spacial score (nSPS) is 16.9. The number of halogens is 2. The molecule has 2 aromatic heterocycles. The number of H-pyrrole nitrogens is 1. The Bertz CT molecular complexity index is 977. The van der Waals surface area contributed by atoms with Gasteiger partial charge >= 0.3 is 0 Å². The van der Waals surface area contributed by atoms with Crippen LogP contribution in [-0.4, -0.2) is 56.7 Å². The van der Waals surface area contributed by atoms with E-state index in [1.807, 2.05) is 0 Å². The molecule has 1 aromatic carbocycles. The predicted octanol–water partition coefficient (Wildman–Crippen LogP) is 2.63. The van der Waals surface area contributed by atoms with Crippen molar-refractivity contribution in [1.82, 2.24) is 25.1 Å². The maximum absolute atomic E-state index is 13.4. The number of nitrogens with one attached hydrogen (secondary N) is 2. The number of hydrogen-bond donors (Lipinski definition) is 2. The van der Waals surface area contributed by atoms with Gasteiger partial charge < -0.3 is 15.0 Å². The first-order valence-corrected chi connectivity index (χ1v) is 9.25. The first-order chi connectivity index (χ1) is 13.6. The topological polar surface area (TPSA) is 96.0 Å². The summed E-state index contributed by atoms with van der Waals surface area (Å²) >= 11 is 5.83. The second-order valence-electron chi connectivity index (χ2n) is 6.54. The van der Waals surface area contributed by atoms with Gasteiger partial charge in [-0.2, -0.15) is 5.10 Å². The summed E-state index contributed by atoms with van der Waals surface area (Å²) in [6, 6.07) is 4.09. The van der Waals surface area contributed by atoms with Gasteiger partial charge in [0.1, 0.15) is 23.6 Å². The van der Waals surface area contributed by atoms with Crippen molar-refractivity contribution in [2.45, 2.75) is 18.9 Å². The van der Waals surface area contributed by atoms with E-state index in [9.17, 15) is 9.18 Å². The maximum Gasteiger partial charge on any atom is 0.241 e. The van der Waals surface area contributed by atoms with Crippen molar-refractivity contribution >= 4 is 34.2 Å². The first kappa shape index (κ1) is 18.4. The van der Waals surface area contributed by atoms with Gasteiger partial charge in [0, 0.05) is 17.3 Å². The van der Waals surface area contributed by atoms with Crippen molar-refractivity contribution in [1.29, 1.82) is 0 Å². The van der Waals surface area contributed by atoms with Crippen LogP contribution in [0.15, 0.2) is 30.7 Å². The van der Waals surface area contributed by atoms with Crippen LogP contribution in [0.2, 0.25) is 5.02 Å². The summed E-state index contributed by atoms with van der Waals surface area (Å²) in [5.74, 6) is -0.0975. The number of carbonyl (C=O) groups excluding carboxylic acids is 1. The second-order valence-corrected chi connectivity index (χ2v) is 6.98. The lowest BCUT2D eigenvalue weighted by Crippen LogP contribution is -2.46. The number of amides is 1. The van der Waals surface area contributed by atoms with Gasteiger partial charge in [0.15, 0.2) is 5.65 Å². The van der Waals surface area contributed by atoms with Crippen molar-refractivity contribution in [3.8, 4) is 5.88 Å². The zero-order valence-electron chi connectivity index (χ0n) is 14.9. The molecule has 0 unspecified atom stereocenters. The van der Waals surface area contributed by atoms with Crippen LogP contribution in [0.4, 0.5) is 10.1 Å². The molecule has 1 saturated heterocycles. The fourth-order valence-electron chi connectivity index (χ4n) is 3.20. The predicted molar refractivity (Wildman–Crippen MR) is 102 cm³/mol. The van der Waals surface area contributed by atoms with Crippen LogP contribution in [0.25, 0.3) is 11.0 Å². The third-order valence-corrected chi connectivity index (χ3v) is 4.75.